The van der Waals surface area contributed by atoms with Crippen LogP contribution >= 0.6 is 0 Å². The number of hydrogen-bond donors (Lipinski definition) is 2. The molecule has 2 N–H and O–H groups in total. The molecule has 1 aromatic heterocycles. The second-order valence-electron chi connectivity index (χ2n) is 4.32. The van der Waals surface area contributed by atoms with Gasteiger partial charge in [0.2, 0.25) is 5.95 Å². The number of nitrogens with one attached hydrogen (secondary N) is 1. The fraction of sp³-hybridized carbons (Fsp3) is 0.667. The van der Waals surface area contributed by atoms with Crippen molar-refractivity contribution in [2.75, 3.05) is 11.9 Å². The van der Waals surface area contributed by atoms with Gasteiger partial charge in [-0.3, -0.25) is 4.79 Å². The molecule has 0 radical (unpaired) electrons. The van der Waals surface area contributed by atoms with Gasteiger partial charge in [0.15, 0.2) is 0 Å². The summed E-state index contributed by atoms with van der Waals surface area (Å²) in [6.07, 6.45) is 1.77. The van der Waals surface area contributed by atoms with Crippen molar-refractivity contribution in [1.29, 1.82) is 0 Å². The lowest BCUT2D eigenvalue weighted by Gasteiger charge is -2.11. The fourth-order valence-electron chi connectivity index (χ4n) is 1.65. The normalized spacial score (nSPS) is 12.2. The Bertz CT molecular complexity index is 409. The summed E-state index contributed by atoms with van der Waals surface area (Å²) in [4.78, 5) is 14.9. The first-order valence-electron chi connectivity index (χ1n) is 6.24. The maximum Gasteiger partial charge on any atom is 0.303 e. The standard InChI is InChI=1S/C12H20N4O2/c1-4-9-10(5-2)15-16-12(14-9)13-7-8(3)6-11(17)18/h8H,4-7H2,1-3H3,(H,17,18)(H,13,14,16). The molecule has 1 unspecified atom stereocenters. The third kappa shape index (κ3) is 4.27. The summed E-state index contributed by atoms with van der Waals surface area (Å²) >= 11 is 0. The van der Waals surface area contributed by atoms with E-state index in [4.69, 9.17) is 5.11 Å². The van der Waals surface area contributed by atoms with Gasteiger partial charge in [-0.2, -0.15) is 5.10 Å². The molecule has 0 aliphatic heterocycles. The average Bonchev–Trinajstić information content (AvgIpc) is 2.35. The zero-order chi connectivity index (χ0) is 13.5. The van der Waals surface area contributed by atoms with E-state index < -0.39 is 5.97 Å². The van der Waals surface area contributed by atoms with E-state index in [1.807, 2.05) is 20.8 Å². The minimum absolute atomic E-state index is 0.0297. The van der Waals surface area contributed by atoms with Gasteiger partial charge < -0.3 is 10.4 Å². The Morgan fingerprint density at radius 3 is 2.50 bits per heavy atom. The zero-order valence-corrected chi connectivity index (χ0v) is 11.1. The molecule has 1 atom stereocenters. The fourth-order valence-corrected chi connectivity index (χ4v) is 1.65. The Balaban J connectivity index is 2.60. The number of aliphatic carboxylic acids is 1. The second-order valence-corrected chi connectivity index (χ2v) is 4.32. The smallest absolute Gasteiger partial charge is 0.303 e. The minimum atomic E-state index is -0.793. The molecule has 0 aliphatic carbocycles. The molecule has 1 heterocycles. The summed E-state index contributed by atoms with van der Waals surface area (Å²) in [6.45, 7) is 6.45. The van der Waals surface area contributed by atoms with Crippen LogP contribution in [0.5, 0.6) is 0 Å². The highest BCUT2D eigenvalue weighted by molar-refractivity contribution is 5.67. The van der Waals surface area contributed by atoms with Gasteiger partial charge in [0.05, 0.1) is 11.4 Å². The van der Waals surface area contributed by atoms with E-state index in [1.165, 1.54) is 0 Å². The minimum Gasteiger partial charge on any atom is -0.481 e. The van der Waals surface area contributed by atoms with Crippen LogP contribution in [0.15, 0.2) is 0 Å². The quantitative estimate of drug-likeness (QED) is 0.765. The molecule has 0 saturated carbocycles. The Kier molecular flexibility index (Phi) is 5.48. The highest BCUT2D eigenvalue weighted by atomic mass is 16.4. The Labute approximate surface area is 107 Å². The number of hydrogen-bond acceptors (Lipinski definition) is 5. The van der Waals surface area contributed by atoms with Crippen LogP contribution in [0.25, 0.3) is 0 Å². The summed E-state index contributed by atoms with van der Waals surface area (Å²) in [6, 6.07) is 0. The van der Waals surface area contributed by atoms with E-state index in [1.54, 1.807) is 0 Å². The van der Waals surface area contributed by atoms with Crippen molar-refractivity contribution in [2.45, 2.75) is 40.0 Å². The first-order valence-corrected chi connectivity index (χ1v) is 6.24. The molecule has 1 aromatic rings. The van der Waals surface area contributed by atoms with Crippen molar-refractivity contribution in [2.24, 2.45) is 5.92 Å². The molecule has 6 heteroatoms. The summed E-state index contributed by atoms with van der Waals surface area (Å²) in [5.74, 6) is -0.290. The van der Waals surface area contributed by atoms with Crippen LogP contribution in [-0.4, -0.2) is 32.8 Å². The molecular weight excluding hydrogens is 232 g/mol. The maximum absolute atomic E-state index is 10.5. The van der Waals surface area contributed by atoms with E-state index in [2.05, 4.69) is 20.5 Å². The van der Waals surface area contributed by atoms with Crippen LogP contribution in [0.2, 0.25) is 0 Å². The summed E-state index contributed by atoms with van der Waals surface area (Å²) < 4.78 is 0. The Hall–Kier alpha value is -1.72. The first-order chi connectivity index (χ1) is 8.56. The van der Waals surface area contributed by atoms with Crippen molar-refractivity contribution < 1.29 is 9.90 Å². The molecule has 0 aromatic carbocycles. The van der Waals surface area contributed by atoms with E-state index in [0.29, 0.717) is 12.5 Å². The molecule has 0 aliphatic rings. The number of carboxylic acid groups (broad SMARTS) is 1. The molecule has 0 amide bonds. The first kappa shape index (κ1) is 14.3. The monoisotopic (exact) mass is 252 g/mol. The highest BCUT2D eigenvalue weighted by Gasteiger charge is 2.09. The Morgan fingerprint density at radius 1 is 1.28 bits per heavy atom. The lowest BCUT2D eigenvalue weighted by Crippen LogP contribution is -2.17. The second kappa shape index (κ2) is 6.88. The molecule has 1 rings (SSSR count). The molecule has 0 fully saturated rings. The van der Waals surface area contributed by atoms with Crippen molar-refractivity contribution in [3.8, 4) is 0 Å². The van der Waals surface area contributed by atoms with Crippen LogP contribution in [0.3, 0.4) is 0 Å². The largest absolute Gasteiger partial charge is 0.481 e. The predicted octanol–water partition coefficient (Wildman–Crippen LogP) is 1.52. The van der Waals surface area contributed by atoms with Crippen molar-refractivity contribution in [3.63, 3.8) is 0 Å². The number of anilines is 1. The van der Waals surface area contributed by atoms with E-state index in [9.17, 15) is 4.79 Å². The highest BCUT2D eigenvalue weighted by Crippen LogP contribution is 2.08. The third-order valence-electron chi connectivity index (χ3n) is 2.64. The lowest BCUT2D eigenvalue weighted by molar-refractivity contribution is -0.137. The van der Waals surface area contributed by atoms with Gasteiger partial charge in [-0.25, -0.2) is 4.98 Å². The number of carbonyl (C=O) groups is 1. The molecule has 0 bridgehead atoms. The molecule has 18 heavy (non-hydrogen) atoms. The Morgan fingerprint density at radius 2 is 1.94 bits per heavy atom. The van der Waals surface area contributed by atoms with Gasteiger partial charge in [0, 0.05) is 13.0 Å². The summed E-state index contributed by atoms with van der Waals surface area (Å²) in [5, 5.41) is 19.8. The van der Waals surface area contributed by atoms with Crippen molar-refractivity contribution in [1.82, 2.24) is 15.2 Å². The maximum atomic E-state index is 10.5. The molecule has 0 saturated heterocycles. The topological polar surface area (TPSA) is 88.0 Å². The van der Waals surface area contributed by atoms with E-state index in [-0.39, 0.29) is 12.3 Å². The predicted molar refractivity (Wildman–Crippen MR) is 68.5 cm³/mol. The molecular formula is C12H20N4O2. The number of nitrogens with zero attached hydrogens (tertiary/aromatic N) is 3. The van der Waals surface area contributed by atoms with Crippen molar-refractivity contribution in [3.05, 3.63) is 11.4 Å². The van der Waals surface area contributed by atoms with Crippen LogP contribution < -0.4 is 5.32 Å². The number of aryl methyl sites for hydroxylation is 2. The van der Waals surface area contributed by atoms with Crippen LogP contribution in [0, 0.1) is 5.92 Å². The number of carboxylic acids is 1. The summed E-state index contributed by atoms with van der Waals surface area (Å²) in [5.41, 5.74) is 1.86. The van der Waals surface area contributed by atoms with Crippen LogP contribution in [-0.2, 0) is 17.6 Å². The van der Waals surface area contributed by atoms with Gasteiger partial charge in [-0.05, 0) is 18.8 Å². The van der Waals surface area contributed by atoms with Crippen LogP contribution in [0.1, 0.15) is 38.6 Å². The van der Waals surface area contributed by atoms with Gasteiger partial charge in [0.25, 0.3) is 0 Å². The van der Waals surface area contributed by atoms with Gasteiger partial charge >= 0.3 is 5.97 Å². The van der Waals surface area contributed by atoms with Crippen LogP contribution in [0.4, 0.5) is 5.95 Å². The third-order valence-corrected chi connectivity index (χ3v) is 2.64. The van der Waals surface area contributed by atoms with Gasteiger partial charge in [0.1, 0.15) is 0 Å². The lowest BCUT2D eigenvalue weighted by atomic mass is 10.1. The number of aromatic nitrogens is 3. The van der Waals surface area contributed by atoms with Crippen molar-refractivity contribution >= 4 is 11.9 Å². The molecule has 100 valence electrons. The molecule has 6 nitrogen and oxygen atoms in total. The van der Waals surface area contributed by atoms with Gasteiger partial charge in [-0.15, -0.1) is 5.10 Å². The number of rotatable bonds is 7. The van der Waals surface area contributed by atoms with E-state index in [0.717, 1.165) is 24.2 Å². The van der Waals surface area contributed by atoms with E-state index >= 15 is 0 Å². The molecule has 0 spiro atoms. The average molecular weight is 252 g/mol. The SMILES string of the molecule is CCc1nnc(NCC(C)CC(=O)O)nc1CC. The van der Waals surface area contributed by atoms with Gasteiger partial charge in [-0.1, -0.05) is 20.8 Å². The zero-order valence-electron chi connectivity index (χ0n) is 11.1. The summed E-state index contributed by atoms with van der Waals surface area (Å²) in [7, 11) is 0.